The number of hydrogen-bond donors (Lipinski definition) is 3. The minimum atomic E-state index is -0.178. The summed E-state index contributed by atoms with van der Waals surface area (Å²) in [5.41, 5.74) is 6.87. The van der Waals surface area contributed by atoms with Gasteiger partial charge in [-0.2, -0.15) is 0 Å². The Morgan fingerprint density at radius 1 is 0.788 bits per heavy atom. The van der Waals surface area contributed by atoms with E-state index in [0.717, 1.165) is 28.9 Å². The molecule has 0 aromatic heterocycles. The summed E-state index contributed by atoms with van der Waals surface area (Å²) in [6, 6.07) is 24.9. The highest BCUT2D eigenvalue weighted by atomic mass is 16.2. The van der Waals surface area contributed by atoms with Crippen LogP contribution >= 0.6 is 0 Å². The van der Waals surface area contributed by atoms with Crippen molar-refractivity contribution in [1.29, 1.82) is 0 Å². The minimum Gasteiger partial charge on any atom is -0.336 e. The Hall–Kier alpha value is -3.11. The lowest BCUT2D eigenvalue weighted by atomic mass is 9.93. The Balaban J connectivity index is 1.70. The van der Waals surface area contributed by atoms with Crippen molar-refractivity contribution in [2.24, 2.45) is 0 Å². The van der Waals surface area contributed by atoms with Crippen LogP contribution in [0.25, 0.3) is 0 Å². The number of amides is 2. The highest BCUT2D eigenvalue weighted by molar-refractivity contribution is 5.91. The molecule has 33 heavy (non-hydrogen) atoms. The average Bonchev–Trinajstić information content (AvgIpc) is 2.80. The summed E-state index contributed by atoms with van der Waals surface area (Å²) < 4.78 is 0. The second-order valence-corrected chi connectivity index (χ2v) is 9.29. The number of rotatable bonds is 9. The zero-order valence-electron chi connectivity index (χ0n) is 20.5. The number of para-hydroxylation sites is 1. The van der Waals surface area contributed by atoms with Gasteiger partial charge in [0.15, 0.2) is 0 Å². The number of anilines is 1. The summed E-state index contributed by atoms with van der Waals surface area (Å²) in [7, 11) is 0. The zero-order chi connectivity index (χ0) is 23.8. The molecule has 0 bridgehead atoms. The fraction of sp³-hybridized carbons (Fsp3) is 0.345. The van der Waals surface area contributed by atoms with Crippen molar-refractivity contribution < 1.29 is 4.79 Å². The molecule has 2 amide bonds. The van der Waals surface area contributed by atoms with Gasteiger partial charge in [0.25, 0.3) is 0 Å². The molecule has 0 spiro atoms. The van der Waals surface area contributed by atoms with E-state index < -0.39 is 0 Å². The maximum atomic E-state index is 13.0. The Kier molecular flexibility index (Phi) is 8.67. The summed E-state index contributed by atoms with van der Waals surface area (Å²) in [6.45, 7) is 11.9. The van der Waals surface area contributed by atoms with E-state index in [2.05, 4.69) is 105 Å². The van der Waals surface area contributed by atoms with Gasteiger partial charge in [-0.3, -0.25) is 0 Å². The van der Waals surface area contributed by atoms with Gasteiger partial charge in [0.1, 0.15) is 0 Å². The highest BCUT2D eigenvalue weighted by Crippen LogP contribution is 2.32. The maximum absolute atomic E-state index is 13.0. The number of benzene rings is 3. The van der Waals surface area contributed by atoms with E-state index >= 15 is 0 Å². The molecule has 1 atom stereocenters. The molecule has 0 saturated carbocycles. The molecule has 1 unspecified atom stereocenters. The molecule has 3 N–H and O–H groups in total. The predicted octanol–water partition coefficient (Wildman–Crippen LogP) is 6.89. The SMILES string of the molecule is Cc1ccc(CNC(CNC(=O)Nc2c(C(C)C)cccc2C(C)C)c2ccccc2)cc1. The van der Waals surface area contributed by atoms with Crippen LogP contribution < -0.4 is 16.0 Å². The third-order valence-corrected chi connectivity index (χ3v) is 5.95. The number of hydrogen-bond acceptors (Lipinski definition) is 2. The first kappa shape index (κ1) is 24.5. The molecule has 0 aliphatic carbocycles. The number of carbonyl (C=O) groups excluding carboxylic acids is 1. The topological polar surface area (TPSA) is 53.2 Å². The van der Waals surface area contributed by atoms with E-state index in [4.69, 9.17) is 0 Å². The van der Waals surface area contributed by atoms with Crippen LogP contribution in [0.3, 0.4) is 0 Å². The van der Waals surface area contributed by atoms with Gasteiger partial charge in [-0.1, -0.05) is 106 Å². The molecule has 4 heteroatoms. The average molecular weight is 444 g/mol. The van der Waals surface area contributed by atoms with E-state index in [9.17, 15) is 4.79 Å². The van der Waals surface area contributed by atoms with Crippen LogP contribution in [0.15, 0.2) is 72.8 Å². The summed E-state index contributed by atoms with van der Waals surface area (Å²) in [5.74, 6) is 0.652. The first-order chi connectivity index (χ1) is 15.8. The lowest BCUT2D eigenvalue weighted by molar-refractivity contribution is 0.250. The van der Waals surface area contributed by atoms with Gasteiger partial charge in [-0.15, -0.1) is 0 Å². The van der Waals surface area contributed by atoms with Crippen LogP contribution in [0.4, 0.5) is 10.5 Å². The third-order valence-electron chi connectivity index (χ3n) is 5.95. The normalized spacial score (nSPS) is 12.1. The van der Waals surface area contributed by atoms with Gasteiger partial charge in [0, 0.05) is 24.8 Å². The van der Waals surface area contributed by atoms with Crippen LogP contribution in [-0.2, 0) is 6.54 Å². The van der Waals surface area contributed by atoms with Crippen LogP contribution in [0.2, 0.25) is 0 Å². The van der Waals surface area contributed by atoms with Crippen LogP contribution in [0, 0.1) is 6.92 Å². The smallest absolute Gasteiger partial charge is 0.319 e. The molecule has 0 aliphatic rings. The van der Waals surface area contributed by atoms with Crippen LogP contribution in [-0.4, -0.2) is 12.6 Å². The Morgan fingerprint density at radius 2 is 1.39 bits per heavy atom. The monoisotopic (exact) mass is 443 g/mol. The Morgan fingerprint density at radius 3 is 1.97 bits per heavy atom. The van der Waals surface area contributed by atoms with Crippen molar-refractivity contribution in [2.45, 2.75) is 59.0 Å². The second kappa shape index (κ2) is 11.7. The number of urea groups is 1. The van der Waals surface area contributed by atoms with E-state index in [1.165, 1.54) is 11.1 Å². The molecule has 174 valence electrons. The van der Waals surface area contributed by atoms with Crippen molar-refractivity contribution in [2.75, 3.05) is 11.9 Å². The van der Waals surface area contributed by atoms with E-state index in [1.54, 1.807) is 0 Å². The number of carbonyl (C=O) groups is 1. The molecule has 0 radical (unpaired) electrons. The van der Waals surface area contributed by atoms with Gasteiger partial charge in [-0.05, 0) is 41.0 Å². The van der Waals surface area contributed by atoms with E-state index in [0.29, 0.717) is 18.4 Å². The fourth-order valence-corrected chi connectivity index (χ4v) is 3.99. The molecule has 4 nitrogen and oxygen atoms in total. The van der Waals surface area contributed by atoms with Crippen molar-refractivity contribution >= 4 is 11.7 Å². The summed E-state index contributed by atoms with van der Waals surface area (Å²) in [4.78, 5) is 13.0. The van der Waals surface area contributed by atoms with Crippen molar-refractivity contribution in [3.05, 3.63) is 101 Å². The third kappa shape index (κ3) is 6.93. The van der Waals surface area contributed by atoms with E-state index in [1.807, 2.05) is 18.2 Å². The summed E-state index contributed by atoms with van der Waals surface area (Å²) >= 11 is 0. The maximum Gasteiger partial charge on any atom is 0.319 e. The Bertz CT molecular complexity index is 1000. The number of nitrogens with one attached hydrogen (secondary N) is 3. The predicted molar refractivity (Wildman–Crippen MR) is 139 cm³/mol. The van der Waals surface area contributed by atoms with Crippen LogP contribution in [0.1, 0.15) is 73.4 Å². The minimum absolute atomic E-state index is 0.00293. The first-order valence-corrected chi connectivity index (χ1v) is 11.9. The molecule has 0 saturated heterocycles. The lowest BCUT2D eigenvalue weighted by Crippen LogP contribution is -2.37. The molecule has 3 rings (SSSR count). The molecule has 0 fully saturated rings. The van der Waals surface area contributed by atoms with Crippen LogP contribution in [0.5, 0.6) is 0 Å². The second-order valence-electron chi connectivity index (χ2n) is 9.29. The van der Waals surface area contributed by atoms with Gasteiger partial charge in [-0.25, -0.2) is 4.79 Å². The molecule has 0 heterocycles. The molecule has 3 aromatic carbocycles. The van der Waals surface area contributed by atoms with Gasteiger partial charge < -0.3 is 16.0 Å². The van der Waals surface area contributed by atoms with Gasteiger partial charge in [0.2, 0.25) is 0 Å². The zero-order valence-corrected chi connectivity index (χ0v) is 20.5. The first-order valence-electron chi connectivity index (χ1n) is 11.9. The Labute approximate surface area is 198 Å². The van der Waals surface area contributed by atoms with Gasteiger partial charge >= 0.3 is 6.03 Å². The van der Waals surface area contributed by atoms with Crippen molar-refractivity contribution in [3.8, 4) is 0 Å². The molecular formula is C29H37N3O. The standard InChI is InChI=1S/C29H37N3O/c1-20(2)25-12-9-13-26(21(3)4)28(25)32-29(33)31-19-27(24-10-7-6-8-11-24)30-18-23-16-14-22(5)15-17-23/h6-17,20-21,27,30H,18-19H2,1-5H3,(H2,31,32,33). The van der Waals surface area contributed by atoms with Crippen molar-refractivity contribution in [3.63, 3.8) is 0 Å². The fourth-order valence-electron chi connectivity index (χ4n) is 3.99. The van der Waals surface area contributed by atoms with E-state index in [-0.39, 0.29) is 12.1 Å². The lowest BCUT2D eigenvalue weighted by Gasteiger charge is -2.23. The summed E-state index contributed by atoms with van der Waals surface area (Å²) in [6.07, 6.45) is 0. The van der Waals surface area contributed by atoms with Crippen molar-refractivity contribution in [1.82, 2.24) is 10.6 Å². The highest BCUT2D eigenvalue weighted by Gasteiger charge is 2.17. The molecular weight excluding hydrogens is 406 g/mol. The molecule has 3 aromatic rings. The number of aryl methyl sites for hydroxylation is 1. The summed E-state index contributed by atoms with van der Waals surface area (Å²) in [5, 5.41) is 9.85. The quantitative estimate of drug-likeness (QED) is 0.337. The van der Waals surface area contributed by atoms with Gasteiger partial charge in [0.05, 0.1) is 0 Å². The largest absolute Gasteiger partial charge is 0.336 e. The molecule has 0 aliphatic heterocycles.